The Labute approximate surface area is 145 Å². The van der Waals surface area contributed by atoms with Crippen LogP contribution in [-0.4, -0.2) is 33.5 Å². The first kappa shape index (κ1) is 22.1. The maximum atomic E-state index is 10.3. The van der Waals surface area contributed by atoms with Crippen molar-refractivity contribution in [2.75, 3.05) is 0 Å². The van der Waals surface area contributed by atoms with E-state index in [0.29, 0.717) is 19.3 Å². The summed E-state index contributed by atoms with van der Waals surface area (Å²) in [5.41, 5.74) is 0. The van der Waals surface area contributed by atoms with Crippen LogP contribution in [0.15, 0.2) is 60.8 Å². The zero-order valence-electron chi connectivity index (χ0n) is 14.4. The highest BCUT2D eigenvalue weighted by molar-refractivity contribution is 5.66. The molecule has 4 heteroatoms. The van der Waals surface area contributed by atoms with Gasteiger partial charge in [0.2, 0.25) is 0 Å². The molecule has 0 amide bonds. The molecule has 4 nitrogen and oxygen atoms in total. The summed E-state index contributed by atoms with van der Waals surface area (Å²) in [6.07, 6.45) is 21.3. The molecule has 0 aromatic carbocycles. The van der Waals surface area contributed by atoms with Crippen LogP contribution in [-0.2, 0) is 4.79 Å². The van der Waals surface area contributed by atoms with Gasteiger partial charge in [0.15, 0.2) is 0 Å². The van der Waals surface area contributed by atoms with Crippen molar-refractivity contribution in [1.82, 2.24) is 0 Å². The lowest BCUT2D eigenvalue weighted by Gasteiger charge is -1.98. The van der Waals surface area contributed by atoms with Crippen molar-refractivity contribution in [2.24, 2.45) is 0 Å². The summed E-state index contributed by atoms with van der Waals surface area (Å²) < 4.78 is 0. The third-order valence-electron chi connectivity index (χ3n) is 3.16. The van der Waals surface area contributed by atoms with E-state index in [9.17, 15) is 15.0 Å². The number of allylic oxidation sites excluding steroid dienone is 7. The number of hydrogen-bond donors (Lipinski definition) is 3. The fraction of sp³-hybridized carbons (Fsp3) is 0.450. The van der Waals surface area contributed by atoms with Crippen molar-refractivity contribution in [3.8, 4) is 0 Å². The van der Waals surface area contributed by atoms with E-state index in [4.69, 9.17) is 5.11 Å². The second kappa shape index (κ2) is 16.0. The number of aliphatic hydroxyl groups is 2. The van der Waals surface area contributed by atoms with E-state index in [0.717, 1.165) is 12.8 Å². The molecule has 3 N–H and O–H groups in total. The number of carboxylic acid groups (broad SMARTS) is 1. The van der Waals surface area contributed by atoms with Gasteiger partial charge in [0.25, 0.3) is 0 Å². The predicted octanol–water partition coefficient (Wildman–Crippen LogP) is 3.93. The van der Waals surface area contributed by atoms with Crippen LogP contribution in [0.25, 0.3) is 0 Å². The fourth-order valence-electron chi connectivity index (χ4n) is 1.72. The molecule has 0 aliphatic heterocycles. The van der Waals surface area contributed by atoms with Crippen molar-refractivity contribution in [3.05, 3.63) is 60.8 Å². The first-order valence-electron chi connectivity index (χ1n) is 8.45. The Morgan fingerprint density at radius 1 is 0.917 bits per heavy atom. The summed E-state index contributed by atoms with van der Waals surface area (Å²) in [4.78, 5) is 10.3. The largest absolute Gasteiger partial charge is 0.481 e. The third kappa shape index (κ3) is 16.5. The molecule has 0 fully saturated rings. The summed E-state index contributed by atoms with van der Waals surface area (Å²) in [5.74, 6) is -0.755. The van der Waals surface area contributed by atoms with Crippen LogP contribution in [0.1, 0.15) is 45.4 Å². The molecule has 0 rings (SSSR count). The molecule has 0 unspecified atom stereocenters. The monoisotopic (exact) mass is 334 g/mol. The predicted molar refractivity (Wildman–Crippen MR) is 98.7 cm³/mol. The SMILES string of the molecule is CC[C@H](O)/C=C/C=C\C=C\[C@@H](O)C/C=C\C/C=C\CCCC(=O)O. The number of aliphatic carboxylic acids is 1. The minimum atomic E-state index is -0.755. The average molecular weight is 334 g/mol. The van der Waals surface area contributed by atoms with Crippen LogP contribution in [0.4, 0.5) is 0 Å². The van der Waals surface area contributed by atoms with Crippen LogP contribution in [0.5, 0.6) is 0 Å². The first-order chi connectivity index (χ1) is 11.6. The van der Waals surface area contributed by atoms with Gasteiger partial charge in [-0.3, -0.25) is 4.79 Å². The van der Waals surface area contributed by atoms with Crippen LogP contribution >= 0.6 is 0 Å². The molecule has 0 heterocycles. The van der Waals surface area contributed by atoms with Gasteiger partial charge in [-0.1, -0.05) is 67.7 Å². The molecule has 0 spiro atoms. The maximum Gasteiger partial charge on any atom is 0.303 e. The summed E-state index contributed by atoms with van der Waals surface area (Å²) in [7, 11) is 0. The topological polar surface area (TPSA) is 77.8 Å². The van der Waals surface area contributed by atoms with E-state index < -0.39 is 18.2 Å². The molecule has 0 bridgehead atoms. The van der Waals surface area contributed by atoms with Gasteiger partial charge in [-0.05, 0) is 32.1 Å². The van der Waals surface area contributed by atoms with Gasteiger partial charge in [0.05, 0.1) is 12.2 Å². The molecule has 2 atom stereocenters. The van der Waals surface area contributed by atoms with Crippen LogP contribution in [0.2, 0.25) is 0 Å². The Hall–Kier alpha value is -1.91. The van der Waals surface area contributed by atoms with E-state index in [1.807, 2.05) is 43.4 Å². The number of carboxylic acids is 1. The number of rotatable bonds is 13. The van der Waals surface area contributed by atoms with Gasteiger partial charge in [0.1, 0.15) is 0 Å². The summed E-state index contributed by atoms with van der Waals surface area (Å²) in [6.45, 7) is 1.91. The Bertz CT molecular complexity index is 458. The third-order valence-corrected chi connectivity index (χ3v) is 3.16. The highest BCUT2D eigenvalue weighted by atomic mass is 16.4. The lowest BCUT2D eigenvalue weighted by molar-refractivity contribution is -0.137. The Balaban J connectivity index is 3.77. The average Bonchev–Trinajstić information content (AvgIpc) is 2.55. The van der Waals surface area contributed by atoms with Crippen LogP contribution in [0, 0.1) is 0 Å². The van der Waals surface area contributed by atoms with Gasteiger partial charge in [-0.25, -0.2) is 0 Å². The molecular weight excluding hydrogens is 304 g/mol. The van der Waals surface area contributed by atoms with E-state index in [1.54, 1.807) is 24.3 Å². The van der Waals surface area contributed by atoms with Crippen molar-refractivity contribution in [2.45, 2.75) is 57.7 Å². The smallest absolute Gasteiger partial charge is 0.303 e. The summed E-state index contributed by atoms with van der Waals surface area (Å²) in [5, 5.41) is 27.6. The molecule has 134 valence electrons. The fourth-order valence-corrected chi connectivity index (χ4v) is 1.72. The number of unbranched alkanes of at least 4 members (excludes halogenated alkanes) is 1. The highest BCUT2D eigenvalue weighted by Crippen LogP contribution is 2.00. The highest BCUT2D eigenvalue weighted by Gasteiger charge is 1.94. The normalized spacial score (nSPS) is 15.5. The van der Waals surface area contributed by atoms with Crippen LogP contribution < -0.4 is 0 Å². The second-order valence-corrected chi connectivity index (χ2v) is 5.40. The van der Waals surface area contributed by atoms with Gasteiger partial charge in [0, 0.05) is 6.42 Å². The minimum absolute atomic E-state index is 0.210. The minimum Gasteiger partial charge on any atom is -0.481 e. The van der Waals surface area contributed by atoms with Gasteiger partial charge >= 0.3 is 5.97 Å². The van der Waals surface area contributed by atoms with E-state index in [-0.39, 0.29) is 6.42 Å². The van der Waals surface area contributed by atoms with E-state index >= 15 is 0 Å². The quantitative estimate of drug-likeness (QED) is 0.271. The zero-order chi connectivity index (χ0) is 18.0. The van der Waals surface area contributed by atoms with Gasteiger partial charge in [-0.15, -0.1) is 0 Å². The molecule has 0 radical (unpaired) electrons. The summed E-state index contributed by atoms with van der Waals surface area (Å²) in [6, 6.07) is 0. The molecule has 24 heavy (non-hydrogen) atoms. The van der Waals surface area contributed by atoms with Gasteiger partial charge < -0.3 is 15.3 Å². The molecule has 0 aromatic heterocycles. The number of carbonyl (C=O) groups is 1. The summed E-state index contributed by atoms with van der Waals surface area (Å²) >= 11 is 0. The van der Waals surface area contributed by atoms with Crippen molar-refractivity contribution in [1.29, 1.82) is 0 Å². The van der Waals surface area contributed by atoms with E-state index in [1.165, 1.54) is 0 Å². The molecule has 0 aliphatic rings. The van der Waals surface area contributed by atoms with Crippen molar-refractivity contribution >= 4 is 5.97 Å². The Morgan fingerprint density at radius 3 is 2.17 bits per heavy atom. The lowest BCUT2D eigenvalue weighted by Crippen LogP contribution is -1.98. The van der Waals surface area contributed by atoms with E-state index in [2.05, 4.69) is 0 Å². The Morgan fingerprint density at radius 2 is 1.54 bits per heavy atom. The lowest BCUT2D eigenvalue weighted by atomic mass is 10.2. The van der Waals surface area contributed by atoms with Crippen molar-refractivity contribution in [3.63, 3.8) is 0 Å². The molecule has 0 saturated carbocycles. The molecular formula is C20H30O4. The molecule has 0 saturated heterocycles. The number of aliphatic hydroxyl groups excluding tert-OH is 2. The first-order valence-corrected chi connectivity index (χ1v) is 8.45. The van der Waals surface area contributed by atoms with Crippen LogP contribution in [0.3, 0.4) is 0 Å². The second-order valence-electron chi connectivity index (χ2n) is 5.40. The maximum absolute atomic E-state index is 10.3. The van der Waals surface area contributed by atoms with Gasteiger partial charge in [-0.2, -0.15) is 0 Å². The zero-order valence-corrected chi connectivity index (χ0v) is 14.4. The van der Waals surface area contributed by atoms with Crippen molar-refractivity contribution < 1.29 is 20.1 Å². The number of hydrogen-bond acceptors (Lipinski definition) is 3. The Kier molecular flexibility index (Phi) is 14.7. The molecule has 0 aromatic rings. The standard InChI is InChI=1S/C20H30O4/c1-2-18(21)14-10-8-9-12-16-19(22)15-11-6-4-3-5-7-13-17-20(23)24/h3,5-6,8-12,14,16,18-19,21-22H,2,4,7,13,15,17H2,1H3,(H,23,24)/b5-3-,9-8-,11-6-,14-10+,16-12+/t18-,19-/m0/s1. The molecule has 0 aliphatic carbocycles.